The van der Waals surface area contributed by atoms with Gasteiger partial charge in [0.05, 0.1) is 17.1 Å². The van der Waals surface area contributed by atoms with E-state index in [4.69, 9.17) is 4.74 Å². The molecule has 0 bridgehead atoms. The van der Waals surface area contributed by atoms with Crippen molar-refractivity contribution in [3.05, 3.63) is 16.1 Å². The lowest BCUT2D eigenvalue weighted by molar-refractivity contribution is -0.144. The fourth-order valence-corrected chi connectivity index (χ4v) is 3.36. The zero-order valence-corrected chi connectivity index (χ0v) is 13.7. The summed E-state index contributed by atoms with van der Waals surface area (Å²) < 4.78 is 5.26. The third-order valence-corrected chi connectivity index (χ3v) is 5.17. The Labute approximate surface area is 133 Å². The van der Waals surface area contributed by atoms with Crippen LogP contribution >= 0.6 is 11.3 Å². The molecule has 7 heteroatoms. The summed E-state index contributed by atoms with van der Waals surface area (Å²) in [7, 11) is 0. The van der Waals surface area contributed by atoms with Gasteiger partial charge in [-0.25, -0.2) is 4.98 Å². The van der Waals surface area contributed by atoms with Gasteiger partial charge in [0.2, 0.25) is 0 Å². The van der Waals surface area contributed by atoms with E-state index >= 15 is 0 Å². The van der Waals surface area contributed by atoms with Crippen molar-refractivity contribution in [2.24, 2.45) is 11.8 Å². The van der Waals surface area contributed by atoms with Crippen LogP contribution in [0.4, 0.5) is 0 Å². The molecule has 1 aliphatic heterocycles. The second kappa shape index (κ2) is 7.69. The van der Waals surface area contributed by atoms with Gasteiger partial charge in [-0.2, -0.15) is 0 Å². The van der Waals surface area contributed by atoms with Crippen LogP contribution in [0.3, 0.4) is 0 Å². The minimum Gasteiger partial charge on any atom is -0.481 e. The van der Waals surface area contributed by atoms with Gasteiger partial charge in [0.25, 0.3) is 5.91 Å². The van der Waals surface area contributed by atoms with E-state index < -0.39 is 11.9 Å². The number of carbonyl (C=O) groups is 2. The molecule has 1 aromatic rings. The molecule has 1 amide bonds. The van der Waals surface area contributed by atoms with Crippen molar-refractivity contribution in [2.75, 3.05) is 19.8 Å². The summed E-state index contributed by atoms with van der Waals surface area (Å²) in [6, 6.07) is 0. The lowest BCUT2D eigenvalue weighted by Crippen LogP contribution is -2.38. The number of nitrogens with zero attached hydrogens (tertiary/aromatic N) is 1. The smallest absolute Gasteiger partial charge is 0.308 e. The lowest BCUT2D eigenvalue weighted by Gasteiger charge is -2.27. The molecule has 122 valence electrons. The minimum absolute atomic E-state index is 0.0548. The van der Waals surface area contributed by atoms with Crippen LogP contribution in [-0.2, 0) is 9.53 Å². The number of ether oxygens (including phenoxy) is 1. The molecular weight excluding hydrogens is 304 g/mol. The van der Waals surface area contributed by atoms with Crippen LogP contribution in [0, 0.1) is 11.8 Å². The standard InChI is InChI=1S/C15H22N2O4S/c1-9(2)14-17-8-12(22-14)13(18)16-7-11(15(19)20)10-3-5-21-6-4-10/h8-11H,3-7H2,1-2H3,(H,16,18)(H,19,20). The number of carboxylic acids is 1. The maximum absolute atomic E-state index is 12.1. The Balaban J connectivity index is 1.93. The lowest BCUT2D eigenvalue weighted by atomic mass is 9.86. The highest BCUT2D eigenvalue weighted by atomic mass is 32.1. The van der Waals surface area contributed by atoms with Crippen molar-refractivity contribution in [1.29, 1.82) is 0 Å². The Morgan fingerprint density at radius 3 is 2.68 bits per heavy atom. The number of hydrogen-bond donors (Lipinski definition) is 2. The predicted molar refractivity (Wildman–Crippen MR) is 83.2 cm³/mol. The van der Waals surface area contributed by atoms with E-state index in [9.17, 15) is 14.7 Å². The van der Waals surface area contributed by atoms with Crippen molar-refractivity contribution in [2.45, 2.75) is 32.6 Å². The van der Waals surface area contributed by atoms with Crippen LogP contribution in [0.1, 0.15) is 47.3 Å². The average Bonchev–Trinajstić information content (AvgIpc) is 2.98. The fraction of sp³-hybridized carbons (Fsp3) is 0.667. The molecule has 1 aliphatic rings. The monoisotopic (exact) mass is 326 g/mol. The van der Waals surface area contributed by atoms with Gasteiger partial charge in [0, 0.05) is 25.7 Å². The summed E-state index contributed by atoms with van der Waals surface area (Å²) in [6.07, 6.45) is 3.01. The van der Waals surface area contributed by atoms with E-state index in [-0.39, 0.29) is 24.3 Å². The molecule has 22 heavy (non-hydrogen) atoms. The van der Waals surface area contributed by atoms with Gasteiger partial charge in [-0.05, 0) is 18.8 Å². The number of carbonyl (C=O) groups excluding carboxylic acids is 1. The number of aromatic nitrogens is 1. The summed E-state index contributed by atoms with van der Waals surface area (Å²) in [5.41, 5.74) is 0. The maximum Gasteiger partial charge on any atom is 0.308 e. The maximum atomic E-state index is 12.1. The van der Waals surface area contributed by atoms with Crippen molar-refractivity contribution in [1.82, 2.24) is 10.3 Å². The van der Waals surface area contributed by atoms with E-state index in [1.165, 1.54) is 11.3 Å². The topological polar surface area (TPSA) is 88.5 Å². The number of rotatable bonds is 6. The Bertz CT molecular complexity index is 523. The van der Waals surface area contributed by atoms with Crippen molar-refractivity contribution < 1.29 is 19.4 Å². The minimum atomic E-state index is -0.862. The molecule has 1 saturated heterocycles. The van der Waals surface area contributed by atoms with Crippen molar-refractivity contribution >= 4 is 23.2 Å². The van der Waals surface area contributed by atoms with Gasteiger partial charge in [-0.3, -0.25) is 9.59 Å². The van der Waals surface area contributed by atoms with Crippen LogP contribution in [0.15, 0.2) is 6.20 Å². The zero-order valence-electron chi connectivity index (χ0n) is 12.9. The van der Waals surface area contributed by atoms with Gasteiger partial charge in [0.15, 0.2) is 0 Å². The normalized spacial score (nSPS) is 17.4. The second-order valence-corrected chi connectivity index (χ2v) is 6.88. The molecule has 2 rings (SSSR count). The molecule has 6 nitrogen and oxygen atoms in total. The molecule has 1 aromatic heterocycles. The highest BCUT2D eigenvalue weighted by molar-refractivity contribution is 7.13. The van der Waals surface area contributed by atoms with Gasteiger partial charge in [-0.15, -0.1) is 11.3 Å². The quantitative estimate of drug-likeness (QED) is 0.836. The number of thiazole rings is 1. The predicted octanol–water partition coefficient (Wildman–Crippen LogP) is 2.12. The Kier molecular flexibility index (Phi) is 5.90. The molecule has 0 aromatic carbocycles. The van der Waals surface area contributed by atoms with E-state index in [2.05, 4.69) is 10.3 Å². The third kappa shape index (κ3) is 4.27. The van der Waals surface area contributed by atoms with Crippen molar-refractivity contribution in [3.8, 4) is 0 Å². The zero-order chi connectivity index (χ0) is 16.1. The first-order chi connectivity index (χ1) is 10.5. The highest BCUT2D eigenvalue weighted by Gasteiger charge is 2.30. The SMILES string of the molecule is CC(C)c1ncc(C(=O)NCC(C(=O)O)C2CCOCC2)s1. The van der Waals surface area contributed by atoms with Gasteiger partial charge in [0.1, 0.15) is 4.88 Å². The van der Waals surface area contributed by atoms with E-state index in [1.807, 2.05) is 13.8 Å². The van der Waals surface area contributed by atoms with Crippen LogP contribution in [0.25, 0.3) is 0 Å². The summed E-state index contributed by atoms with van der Waals surface area (Å²) in [5.74, 6) is -1.34. The van der Waals surface area contributed by atoms with E-state index in [0.29, 0.717) is 18.1 Å². The second-order valence-electron chi connectivity index (χ2n) is 5.82. The molecule has 0 aliphatic carbocycles. The number of carboxylic acid groups (broad SMARTS) is 1. The van der Waals surface area contributed by atoms with Crippen LogP contribution < -0.4 is 5.32 Å². The molecule has 1 fully saturated rings. The van der Waals surface area contributed by atoms with Gasteiger partial charge < -0.3 is 15.2 Å². The first kappa shape index (κ1) is 16.9. The molecular formula is C15H22N2O4S. The highest BCUT2D eigenvalue weighted by Crippen LogP contribution is 2.24. The molecule has 1 atom stereocenters. The fourth-order valence-electron chi connectivity index (χ4n) is 2.52. The Morgan fingerprint density at radius 2 is 2.14 bits per heavy atom. The first-order valence-electron chi connectivity index (χ1n) is 7.53. The number of hydrogen-bond acceptors (Lipinski definition) is 5. The third-order valence-electron chi connectivity index (χ3n) is 3.88. The molecule has 0 radical (unpaired) electrons. The number of nitrogens with one attached hydrogen (secondary N) is 1. The Morgan fingerprint density at radius 1 is 1.45 bits per heavy atom. The van der Waals surface area contributed by atoms with Crippen molar-refractivity contribution in [3.63, 3.8) is 0 Å². The van der Waals surface area contributed by atoms with E-state index in [1.54, 1.807) is 6.20 Å². The molecule has 1 unspecified atom stereocenters. The molecule has 2 N–H and O–H groups in total. The van der Waals surface area contributed by atoms with Gasteiger partial charge >= 0.3 is 5.97 Å². The molecule has 2 heterocycles. The van der Waals surface area contributed by atoms with E-state index in [0.717, 1.165) is 17.8 Å². The largest absolute Gasteiger partial charge is 0.481 e. The van der Waals surface area contributed by atoms with Crippen LogP contribution in [0.5, 0.6) is 0 Å². The first-order valence-corrected chi connectivity index (χ1v) is 8.35. The van der Waals surface area contributed by atoms with Crippen LogP contribution in [-0.4, -0.2) is 41.7 Å². The summed E-state index contributed by atoms with van der Waals surface area (Å²) >= 11 is 1.35. The number of amides is 1. The summed E-state index contributed by atoms with van der Waals surface area (Å²) in [4.78, 5) is 28.3. The van der Waals surface area contributed by atoms with Gasteiger partial charge in [-0.1, -0.05) is 13.8 Å². The van der Waals surface area contributed by atoms with Crippen LogP contribution in [0.2, 0.25) is 0 Å². The summed E-state index contributed by atoms with van der Waals surface area (Å²) in [5, 5.41) is 13.0. The summed E-state index contributed by atoms with van der Waals surface area (Å²) in [6.45, 7) is 5.37. The number of aliphatic carboxylic acids is 1. The Hall–Kier alpha value is -1.47. The average molecular weight is 326 g/mol. The molecule has 0 saturated carbocycles. The molecule has 0 spiro atoms.